The van der Waals surface area contributed by atoms with E-state index in [-0.39, 0.29) is 12.4 Å². The summed E-state index contributed by atoms with van der Waals surface area (Å²) in [6, 6.07) is 0. The zero-order valence-electron chi connectivity index (χ0n) is 5.76. The highest BCUT2D eigenvalue weighted by molar-refractivity contribution is 5.85. The number of carboxylic acids is 1. The number of halogens is 4. The van der Waals surface area contributed by atoms with Crippen molar-refractivity contribution in [3.05, 3.63) is 0 Å². The molecule has 1 fully saturated rings. The van der Waals surface area contributed by atoms with Gasteiger partial charge in [-0.05, 0) is 6.42 Å². The van der Waals surface area contributed by atoms with Crippen molar-refractivity contribution in [3.63, 3.8) is 0 Å². The van der Waals surface area contributed by atoms with Crippen LogP contribution in [0.25, 0.3) is 0 Å². The van der Waals surface area contributed by atoms with Crippen molar-refractivity contribution >= 4 is 18.4 Å². The van der Waals surface area contributed by atoms with Crippen molar-refractivity contribution in [2.45, 2.75) is 18.1 Å². The van der Waals surface area contributed by atoms with E-state index in [1.807, 2.05) is 0 Å². The molecule has 1 rings (SSSR count). The van der Waals surface area contributed by atoms with E-state index in [1.165, 1.54) is 0 Å². The fourth-order valence-corrected chi connectivity index (χ4v) is 0.923. The monoisotopic (exact) mass is 205 g/mol. The van der Waals surface area contributed by atoms with Crippen molar-refractivity contribution < 1.29 is 23.1 Å². The number of alkyl halides is 3. The first-order valence-corrected chi connectivity index (χ1v) is 2.87. The molecule has 0 bridgehead atoms. The number of hydrogen-bond donors (Lipinski definition) is 2. The van der Waals surface area contributed by atoms with E-state index >= 15 is 0 Å². The van der Waals surface area contributed by atoms with E-state index < -0.39 is 30.0 Å². The van der Waals surface area contributed by atoms with Gasteiger partial charge in [0, 0.05) is 0 Å². The lowest BCUT2D eigenvalue weighted by Gasteiger charge is -2.07. The molecule has 0 saturated heterocycles. The van der Waals surface area contributed by atoms with Gasteiger partial charge in [0.15, 0.2) is 0 Å². The van der Waals surface area contributed by atoms with Crippen LogP contribution in [0.3, 0.4) is 0 Å². The van der Waals surface area contributed by atoms with E-state index in [0.717, 1.165) is 0 Å². The van der Waals surface area contributed by atoms with Crippen LogP contribution in [0, 0.1) is 5.92 Å². The normalized spacial score (nSPS) is 33.8. The Balaban J connectivity index is 0.00000121. The Hall–Kier alpha value is -0.490. The summed E-state index contributed by atoms with van der Waals surface area (Å²) in [4.78, 5) is 10.1. The van der Waals surface area contributed by atoms with Gasteiger partial charge in [-0.15, -0.1) is 12.4 Å². The van der Waals surface area contributed by atoms with Gasteiger partial charge in [-0.25, -0.2) is 0 Å². The van der Waals surface area contributed by atoms with E-state index in [4.69, 9.17) is 10.8 Å². The van der Waals surface area contributed by atoms with Gasteiger partial charge < -0.3 is 10.8 Å². The van der Waals surface area contributed by atoms with Crippen LogP contribution in [-0.2, 0) is 4.79 Å². The zero-order chi connectivity index (χ0) is 8.86. The van der Waals surface area contributed by atoms with Gasteiger partial charge in [0.25, 0.3) is 0 Å². The predicted molar refractivity (Wildman–Crippen MR) is 36.0 cm³/mol. The second-order valence-electron chi connectivity index (χ2n) is 2.64. The molecule has 0 aromatic rings. The van der Waals surface area contributed by atoms with Crippen LogP contribution in [0.5, 0.6) is 0 Å². The predicted octanol–water partition coefficient (Wildman–Crippen LogP) is 0.772. The van der Waals surface area contributed by atoms with E-state index in [2.05, 4.69) is 0 Å². The molecule has 3 nitrogen and oxygen atoms in total. The number of aliphatic carboxylic acids is 1. The molecule has 1 saturated carbocycles. The maximum atomic E-state index is 11.8. The summed E-state index contributed by atoms with van der Waals surface area (Å²) in [6.07, 6.45) is -4.99. The summed E-state index contributed by atoms with van der Waals surface area (Å²) < 4.78 is 35.3. The summed E-state index contributed by atoms with van der Waals surface area (Å²) in [6.45, 7) is 0. The van der Waals surface area contributed by atoms with Crippen LogP contribution < -0.4 is 5.73 Å². The summed E-state index contributed by atoms with van der Waals surface area (Å²) >= 11 is 0. The topological polar surface area (TPSA) is 63.3 Å². The first kappa shape index (κ1) is 11.5. The fraction of sp³-hybridized carbons (Fsp3) is 0.800. The summed E-state index contributed by atoms with van der Waals surface area (Å²) in [5, 5.41) is 8.22. The summed E-state index contributed by atoms with van der Waals surface area (Å²) in [7, 11) is 0. The fourth-order valence-electron chi connectivity index (χ4n) is 0.923. The Morgan fingerprint density at radius 2 is 2.00 bits per heavy atom. The van der Waals surface area contributed by atoms with Crippen LogP contribution in [-0.4, -0.2) is 22.8 Å². The van der Waals surface area contributed by atoms with Crippen LogP contribution in [0.15, 0.2) is 0 Å². The zero-order valence-corrected chi connectivity index (χ0v) is 6.58. The molecule has 0 radical (unpaired) electrons. The van der Waals surface area contributed by atoms with Crippen molar-refractivity contribution in [1.29, 1.82) is 0 Å². The van der Waals surface area contributed by atoms with E-state index in [0.29, 0.717) is 0 Å². The van der Waals surface area contributed by atoms with Crippen LogP contribution in [0.2, 0.25) is 0 Å². The average molecular weight is 206 g/mol. The van der Waals surface area contributed by atoms with Crippen molar-refractivity contribution in [2.75, 3.05) is 0 Å². The minimum Gasteiger partial charge on any atom is -0.480 e. The highest BCUT2D eigenvalue weighted by Gasteiger charge is 2.69. The Morgan fingerprint density at radius 1 is 1.58 bits per heavy atom. The third-order valence-electron chi connectivity index (χ3n) is 1.80. The molecule has 2 unspecified atom stereocenters. The van der Waals surface area contributed by atoms with Crippen LogP contribution in [0.4, 0.5) is 13.2 Å². The van der Waals surface area contributed by atoms with Crippen LogP contribution in [0.1, 0.15) is 6.42 Å². The number of carbonyl (C=O) groups is 1. The minimum atomic E-state index is -4.48. The van der Waals surface area contributed by atoms with Gasteiger partial charge >= 0.3 is 12.1 Å². The molecule has 0 aromatic heterocycles. The molecule has 0 aromatic carbocycles. The molecule has 0 spiro atoms. The smallest absolute Gasteiger partial charge is 0.394 e. The molecule has 72 valence electrons. The average Bonchev–Trinajstić information content (AvgIpc) is 2.41. The highest BCUT2D eigenvalue weighted by atomic mass is 35.5. The second-order valence-corrected chi connectivity index (χ2v) is 2.64. The molecule has 0 heterocycles. The molecule has 3 N–H and O–H groups in total. The largest absolute Gasteiger partial charge is 0.480 e. The molecular weight excluding hydrogens is 199 g/mol. The van der Waals surface area contributed by atoms with Crippen molar-refractivity contribution in [3.8, 4) is 0 Å². The van der Waals surface area contributed by atoms with Gasteiger partial charge in [-0.2, -0.15) is 13.2 Å². The van der Waals surface area contributed by atoms with Gasteiger partial charge in [0.2, 0.25) is 0 Å². The second kappa shape index (κ2) is 2.77. The first-order chi connectivity index (χ1) is 4.78. The van der Waals surface area contributed by atoms with Crippen molar-refractivity contribution in [2.24, 2.45) is 11.7 Å². The number of nitrogens with two attached hydrogens (primary N) is 1. The molecule has 2 atom stereocenters. The Labute approximate surface area is 72.1 Å². The molecule has 12 heavy (non-hydrogen) atoms. The highest BCUT2D eigenvalue weighted by Crippen LogP contribution is 2.51. The van der Waals surface area contributed by atoms with Gasteiger partial charge in [-0.1, -0.05) is 0 Å². The van der Waals surface area contributed by atoms with Crippen LogP contribution >= 0.6 is 12.4 Å². The number of hydrogen-bond acceptors (Lipinski definition) is 2. The van der Waals surface area contributed by atoms with E-state index in [1.54, 1.807) is 0 Å². The lowest BCUT2D eigenvalue weighted by atomic mass is 10.2. The SMILES string of the molecule is Cl.NC1(C(=O)O)CC1C(F)(F)F. The standard InChI is InChI=1S/C5H6F3NO2.ClH/c6-5(7,8)2-1-4(2,9)3(10)11;/h2H,1,9H2,(H,10,11);1H. The summed E-state index contributed by atoms with van der Waals surface area (Å²) in [5.74, 6) is -3.45. The Bertz CT molecular complexity index is 207. The van der Waals surface area contributed by atoms with Gasteiger partial charge in [0.05, 0.1) is 5.92 Å². The lowest BCUT2D eigenvalue weighted by molar-refractivity contribution is -0.161. The molecule has 0 amide bonds. The number of rotatable bonds is 1. The van der Waals surface area contributed by atoms with Gasteiger partial charge in [0.1, 0.15) is 5.54 Å². The third kappa shape index (κ3) is 1.64. The molecule has 0 aliphatic heterocycles. The maximum Gasteiger partial charge on any atom is 0.394 e. The minimum absolute atomic E-state index is 0. The molecule has 1 aliphatic rings. The molecule has 1 aliphatic carbocycles. The Morgan fingerprint density at radius 3 is 2.08 bits per heavy atom. The lowest BCUT2D eigenvalue weighted by Crippen LogP contribution is -2.38. The third-order valence-corrected chi connectivity index (χ3v) is 1.80. The van der Waals surface area contributed by atoms with Gasteiger partial charge in [-0.3, -0.25) is 4.79 Å². The quantitative estimate of drug-likeness (QED) is 0.665. The molecular formula is C5H7ClF3NO2. The Kier molecular flexibility index (Phi) is 2.66. The van der Waals surface area contributed by atoms with E-state index in [9.17, 15) is 18.0 Å². The first-order valence-electron chi connectivity index (χ1n) is 2.87. The summed E-state index contributed by atoms with van der Waals surface area (Å²) in [5.41, 5.74) is 2.84. The maximum absolute atomic E-state index is 11.8. The van der Waals surface area contributed by atoms with Crippen molar-refractivity contribution in [1.82, 2.24) is 0 Å². The molecule has 7 heteroatoms. The number of carboxylic acid groups (broad SMARTS) is 1.